The fourth-order valence-corrected chi connectivity index (χ4v) is 1.88. The highest BCUT2D eigenvalue weighted by molar-refractivity contribution is 7.92. The molecule has 0 amide bonds. The van der Waals surface area contributed by atoms with E-state index in [0.717, 1.165) is 17.2 Å². The Labute approximate surface area is 82.0 Å². The molecule has 0 fully saturated rings. The Morgan fingerprint density at radius 3 is 2.79 bits per heavy atom. The number of rotatable bonds is 2. The van der Waals surface area contributed by atoms with Gasteiger partial charge in [0, 0.05) is 11.7 Å². The van der Waals surface area contributed by atoms with Crippen LogP contribution in [-0.2, 0) is 10.0 Å². The highest BCUT2D eigenvalue weighted by atomic mass is 32.2. The smallest absolute Gasteiger partial charge is 0.229 e. The number of H-pyrrole nitrogens is 1. The van der Waals surface area contributed by atoms with Crippen molar-refractivity contribution in [3.05, 3.63) is 30.5 Å². The van der Waals surface area contributed by atoms with Crippen molar-refractivity contribution in [2.45, 2.75) is 0 Å². The topological polar surface area (TPSA) is 62.0 Å². The molecule has 0 atom stereocenters. The summed E-state index contributed by atoms with van der Waals surface area (Å²) >= 11 is 0. The monoisotopic (exact) mass is 210 g/mol. The normalized spacial score (nSPS) is 11.8. The summed E-state index contributed by atoms with van der Waals surface area (Å²) in [4.78, 5) is 3.01. The van der Waals surface area contributed by atoms with E-state index in [9.17, 15) is 8.42 Å². The lowest BCUT2D eigenvalue weighted by atomic mass is 10.2. The molecule has 1 heterocycles. The van der Waals surface area contributed by atoms with E-state index in [1.165, 1.54) is 0 Å². The molecule has 0 aliphatic heterocycles. The number of fused-ring (bicyclic) bond motifs is 1. The predicted octanol–water partition coefficient (Wildman–Crippen LogP) is 1.54. The molecule has 5 heteroatoms. The van der Waals surface area contributed by atoms with Gasteiger partial charge in [-0.1, -0.05) is 6.07 Å². The summed E-state index contributed by atoms with van der Waals surface area (Å²) in [7, 11) is -3.19. The molecule has 2 rings (SSSR count). The molecule has 0 aliphatic carbocycles. The van der Waals surface area contributed by atoms with Gasteiger partial charge in [-0.3, -0.25) is 4.72 Å². The van der Waals surface area contributed by atoms with Crippen LogP contribution in [0.15, 0.2) is 30.5 Å². The minimum Gasteiger partial charge on any atom is -0.361 e. The Bertz CT molecular complexity index is 557. The van der Waals surface area contributed by atoms with Crippen molar-refractivity contribution in [3.8, 4) is 0 Å². The molecular weight excluding hydrogens is 200 g/mol. The standard InChI is InChI=1S/C9H10N2O2S/c1-14(12,13)11-8-3-2-7-4-5-10-9(7)6-8/h2-6,10-11H,1H3. The van der Waals surface area contributed by atoms with Gasteiger partial charge in [0.05, 0.1) is 11.9 Å². The highest BCUT2D eigenvalue weighted by Crippen LogP contribution is 2.17. The van der Waals surface area contributed by atoms with E-state index in [2.05, 4.69) is 9.71 Å². The summed E-state index contributed by atoms with van der Waals surface area (Å²) in [6.45, 7) is 0. The summed E-state index contributed by atoms with van der Waals surface area (Å²) < 4.78 is 24.3. The Balaban J connectivity index is 2.44. The largest absolute Gasteiger partial charge is 0.361 e. The average molecular weight is 210 g/mol. The van der Waals surface area contributed by atoms with Crippen LogP contribution < -0.4 is 4.72 Å². The van der Waals surface area contributed by atoms with Gasteiger partial charge in [-0.25, -0.2) is 8.42 Å². The molecule has 1 aromatic carbocycles. The van der Waals surface area contributed by atoms with E-state index in [0.29, 0.717) is 5.69 Å². The van der Waals surface area contributed by atoms with Gasteiger partial charge in [-0.2, -0.15) is 0 Å². The molecule has 2 aromatic rings. The first-order valence-corrected chi connectivity index (χ1v) is 5.99. The van der Waals surface area contributed by atoms with Crippen LogP contribution in [0.3, 0.4) is 0 Å². The van der Waals surface area contributed by atoms with Crippen molar-refractivity contribution in [2.75, 3.05) is 11.0 Å². The zero-order valence-electron chi connectivity index (χ0n) is 7.61. The molecule has 4 nitrogen and oxygen atoms in total. The third-order valence-electron chi connectivity index (χ3n) is 1.86. The van der Waals surface area contributed by atoms with Crippen molar-refractivity contribution >= 4 is 26.6 Å². The Hall–Kier alpha value is -1.49. The Morgan fingerprint density at radius 2 is 2.07 bits per heavy atom. The molecule has 0 bridgehead atoms. The van der Waals surface area contributed by atoms with Crippen LogP contribution in [-0.4, -0.2) is 19.7 Å². The van der Waals surface area contributed by atoms with E-state index in [4.69, 9.17) is 0 Å². The van der Waals surface area contributed by atoms with Gasteiger partial charge in [-0.15, -0.1) is 0 Å². The summed E-state index contributed by atoms with van der Waals surface area (Å²) in [6, 6.07) is 7.28. The maximum Gasteiger partial charge on any atom is 0.229 e. The Kier molecular flexibility index (Phi) is 1.96. The van der Waals surface area contributed by atoms with Crippen LogP contribution in [0, 0.1) is 0 Å². The zero-order chi connectivity index (χ0) is 10.2. The maximum absolute atomic E-state index is 11.0. The predicted molar refractivity (Wildman–Crippen MR) is 56.8 cm³/mol. The molecule has 0 aliphatic rings. The van der Waals surface area contributed by atoms with Gasteiger partial charge in [0.2, 0.25) is 10.0 Å². The van der Waals surface area contributed by atoms with E-state index in [1.54, 1.807) is 12.1 Å². The fraction of sp³-hybridized carbons (Fsp3) is 0.111. The van der Waals surface area contributed by atoms with Crippen molar-refractivity contribution in [3.63, 3.8) is 0 Å². The molecule has 14 heavy (non-hydrogen) atoms. The van der Waals surface area contributed by atoms with Crippen molar-refractivity contribution in [1.29, 1.82) is 0 Å². The lowest BCUT2D eigenvalue weighted by molar-refractivity contribution is 0.607. The van der Waals surface area contributed by atoms with Crippen LogP contribution in [0.5, 0.6) is 0 Å². The minimum absolute atomic E-state index is 0.572. The van der Waals surface area contributed by atoms with Gasteiger partial charge in [0.15, 0.2) is 0 Å². The van der Waals surface area contributed by atoms with Gasteiger partial charge in [0.25, 0.3) is 0 Å². The van der Waals surface area contributed by atoms with Crippen molar-refractivity contribution in [2.24, 2.45) is 0 Å². The molecule has 0 spiro atoms. The second kappa shape index (κ2) is 3.02. The number of nitrogens with one attached hydrogen (secondary N) is 2. The summed E-state index contributed by atoms with van der Waals surface area (Å²) in [6.07, 6.45) is 2.95. The number of hydrogen-bond donors (Lipinski definition) is 2. The second-order valence-corrected chi connectivity index (χ2v) is 4.90. The third-order valence-corrected chi connectivity index (χ3v) is 2.46. The first-order valence-electron chi connectivity index (χ1n) is 4.09. The Morgan fingerprint density at radius 1 is 1.29 bits per heavy atom. The van der Waals surface area contributed by atoms with Crippen LogP contribution >= 0.6 is 0 Å². The molecule has 1 aromatic heterocycles. The number of anilines is 1. The minimum atomic E-state index is -3.19. The molecular formula is C9H10N2O2S. The van der Waals surface area contributed by atoms with Gasteiger partial charge >= 0.3 is 0 Å². The maximum atomic E-state index is 11.0. The fourth-order valence-electron chi connectivity index (χ4n) is 1.33. The average Bonchev–Trinajstić information content (AvgIpc) is 2.47. The van der Waals surface area contributed by atoms with Crippen molar-refractivity contribution in [1.82, 2.24) is 4.98 Å². The summed E-state index contributed by atoms with van der Waals surface area (Å²) in [5, 5.41) is 1.06. The van der Waals surface area contributed by atoms with E-state index < -0.39 is 10.0 Å². The van der Waals surface area contributed by atoms with Gasteiger partial charge < -0.3 is 4.98 Å². The quantitative estimate of drug-likeness (QED) is 0.789. The number of hydrogen-bond acceptors (Lipinski definition) is 2. The van der Waals surface area contributed by atoms with Crippen LogP contribution in [0.4, 0.5) is 5.69 Å². The first-order chi connectivity index (χ1) is 6.54. The van der Waals surface area contributed by atoms with E-state index >= 15 is 0 Å². The van der Waals surface area contributed by atoms with E-state index in [-0.39, 0.29) is 0 Å². The summed E-state index contributed by atoms with van der Waals surface area (Å²) in [5.74, 6) is 0. The van der Waals surface area contributed by atoms with Crippen LogP contribution in [0.2, 0.25) is 0 Å². The first kappa shape index (κ1) is 9.08. The highest BCUT2D eigenvalue weighted by Gasteiger charge is 2.02. The van der Waals surface area contributed by atoms with Gasteiger partial charge in [-0.05, 0) is 23.6 Å². The van der Waals surface area contributed by atoms with Gasteiger partial charge in [0.1, 0.15) is 0 Å². The van der Waals surface area contributed by atoms with Crippen LogP contribution in [0.1, 0.15) is 0 Å². The SMILES string of the molecule is CS(=O)(=O)Nc1ccc2cc[nH]c2c1. The van der Waals surface area contributed by atoms with E-state index in [1.807, 2.05) is 18.3 Å². The molecule has 0 radical (unpaired) electrons. The molecule has 74 valence electrons. The molecule has 0 saturated heterocycles. The van der Waals surface area contributed by atoms with Crippen molar-refractivity contribution < 1.29 is 8.42 Å². The third kappa shape index (κ3) is 1.88. The lowest BCUT2D eigenvalue weighted by Crippen LogP contribution is -2.09. The summed E-state index contributed by atoms with van der Waals surface area (Å²) in [5.41, 5.74) is 1.49. The number of benzene rings is 1. The molecule has 2 N–H and O–H groups in total. The number of aromatic nitrogens is 1. The zero-order valence-corrected chi connectivity index (χ0v) is 8.43. The number of aromatic amines is 1. The second-order valence-electron chi connectivity index (χ2n) is 3.15. The molecule has 0 saturated carbocycles. The van der Waals surface area contributed by atoms with Crippen LogP contribution in [0.25, 0.3) is 10.9 Å². The lowest BCUT2D eigenvalue weighted by Gasteiger charge is -2.02. The number of sulfonamides is 1. The molecule has 0 unspecified atom stereocenters.